The Morgan fingerprint density at radius 2 is 1.78 bits per heavy atom. The normalized spacial score (nSPS) is 25.0. The first kappa shape index (κ1) is 29.7. The van der Waals surface area contributed by atoms with Crippen molar-refractivity contribution in [3.63, 3.8) is 0 Å². The SMILES string of the molecule is CC(=O)Nc1ccn([C@H]2C[C@H](OC(C)=O)[C@H](C)[C@H](OC(C)=O)[C@@H](CO[Si](C)(C)C(C)(C)C)O2)c(=O)n1. The maximum absolute atomic E-state index is 12.9. The molecule has 2 rings (SSSR count). The predicted molar refractivity (Wildman–Crippen MR) is 135 cm³/mol. The van der Waals surface area contributed by atoms with Crippen LogP contribution < -0.4 is 11.0 Å². The fraction of sp³-hybridized carbons (Fsp3) is 0.708. The predicted octanol–water partition coefficient (Wildman–Crippen LogP) is 3.01. The molecule has 5 atom stereocenters. The Hall–Kier alpha value is -2.57. The second-order valence-corrected chi connectivity index (χ2v) is 15.5. The molecule has 1 aromatic heterocycles. The van der Waals surface area contributed by atoms with E-state index in [1.165, 1.54) is 37.6 Å². The molecule has 1 fully saturated rings. The summed E-state index contributed by atoms with van der Waals surface area (Å²) >= 11 is 0. The van der Waals surface area contributed by atoms with Crippen molar-refractivity contribution in [2.75, 3.05) is 11.9 Å². The van der Waals surface area contributed by atoms with Gasteiger partial charge in [-0.15, -0.1) is 0 Å². The summed E-state index contributed by atoms with van der Waals surface area (Å²) in [6, 6.07) is 1.48. The van der Waals surface area contributed by atoms with Crippen LogP contribution in [-0.2, 0) is 33.0 Å². The van der Waals surface area contributed by atoms with Crippen LogP contribution in [0, 0.1) is 5.92 Å². The van der Waals surface area contributed by atoms with Gasteiger partial charge < -0.3 is 24.0 Å². The fourth-order valence-electron chi connectivity index (χ4n) is 3.74. The summed E-state index contributed by atoms with van der Waals surface area (Å²) < 4.78 is 25.3. The van der Waals surface area contributed by atoms with E-state index in [9.17, 15) is 19.2 Å². The number of carbonyl (C=O) groups excluding carboxylic acids is 3. The van der Waals surface area contributed by atoms with Crippen molar-refractivity contribution in [1.82, 2.24) is 9.55 Å². The highest BCUT2D eigenvalue weighted by Gasteiger charge is 2.45. The Morgan fingerprint density at radius 1 is 1.17 bits per heavy atom. The van der Waals surface area contributed by atoms with E-state index < -0.39 is 56.4 Å². The highest BCUT2D eigenvalue weighted by atomic mass is 28.4. The van der Waals surface area contributed by atoms with Gasteiger partial charge in [0.25, 0.3) is 0 Å². The van der Waals surface area contributed by atoms with Crippen LogP contribution in [-0.4, -0.2) is 60.6 Å². The van der Waals surface area contributed by atoms with Crippen LogP contribution in [0.15, 0.2) is 17.1 Å². The average Bonchev–Trinajstić information content (AvgIpc) is 2.82. The van der Waals surface area contributed by atoms with E-state index in [1.807, 2.05) is 6.92 Å². The Bertz CT molecular complexity index is 1020. The minimum absolute atomic E-state index is 0.0691. The van der Waals surface area contributed by atoms with Crippen LogP contribution in [0.25, 0.3) is 0 Å². The summed E-state index contributed by atoms with van der Waals surface area (Å²) in [7, 11) is -2.20. The molecule has 1 aromatic rings. The molecule has 0 saturated carbocycles. The lowest BCUT2D eigenvalue weighted by atomic mass is 9.93. The lowest BCUT2D eigenvalue weighted by Crippen LogP contribution is -2.48. The van der Waals surface area contributed by atoms with Gasteiger partial charge in [0, 0.05) is 39.3 Å². The van der Waals surface area contributed by atoms with Crippen LogP contribution in [0.1, 0.15) is 61.1 Å². The molecule has 11 nitrogen and oxygen atoms in total. The Kier molecular flexibility index (Phi) is 9.60. The zero-order valence-corrected chi connectivity index (χ0v) is 23.6. The minimum atomic E-state index is -2.20. The zero-order valence-electron chi connectivity index (χ0n) is 22.6. The lowest BCUT2D eigenvalue weighted by Gasteiger charge is -2.38. The molecule has 12 heteroatoms. The number of ether oxygens (including phenoxy) is 3. The smallest absolute Gasteiger partial charge is 0.351 e. The number of amides is 1. The molecule has 1 saturated heterocycles. The van der Waals surface area contributed by atoms with E-state index in [0.717, 1.165) is 0 Å². The summed E-state index contributed by atoms with van der Waals surface area (Å²) in [5.41, 5.74) is -0.657. The van der Waals surface area contributed by atoms with Gasteiger partial charge >= 0.3 is 17.6 Å². The maximum Gasteiger partial charge on any atom is 0.351 e. The molecule has 36 heavy (non-hydrogen) atoms. The number of anilines is 1. The fourth-order valence-corrected chi connectivity index (χ4v) is 4.76. The third-order valence-electron chi connectivity index (χ3n) is 6.72. The molecule has 0 spiro atoms. The molecule has 0 aliphatic carbocycles. The highest BCUT2D eigenvalue weighted by Crippen LogP contribution is 2.38. The van der Waals surface area contributed by atoms with Gasteiger partial charge in [0.1, 0.15) is 30.4 Å². The second-order valence-electron chi connectivity index (χ2n) is 10.7. The van der Waals surface area contributed by atoms with Crippen molar-refractivity contribution in [3.05, 3.63) is 22.7 Å². The van der Waals surface area contributed by atoms with Gasteiger partial charge in [0.15, 0.2) is 8.32 Å². The summed E-state index contributed by atoms with van der Waals surface area (Å²) in [6.45, 7) is 16.4. The van der Waals surface area contributed by atoms with E-state index in [0.29, 0.717) is 0 Å². The molecule has 1 amide bonds. The van der Waals surface area contributed by atoms with Crippen molar-refractivity contribution in [1.29, 1.82) is 0 Å². The number of nitrogens with zero attached hydrogens (tertiary/aromatic N) is 2. The van der Waals surface area contributed by atoms with Crippen molar-refractivity contribution in [2.45, 2.75) is 97.6 Å². The Balaban J connectivity index is 2.49. The van der Waals surface area contributed by atoms with Crippen LogP contribution in [0.5, 0.6) is 0 Å². The monoisotopic (exact) mass is 525 g/mol. The molecule has 0 unspecified atom stereocenters. The summed E-state index contributed by atoms with van der Waals surface area (Å²) in [4.78, 5) is 52.0. The number of carbonyl (C=O) groups is 3. The molecule has 0 aromatic carbocycles. The third kappa shape index (κ3) is 7.71. The number of rotatable bonds is 7. The van der Waals surface area contributed by atoms with Gasteiger partial charge in [-0.2, -0.15) is 4.98 Å². The van der Waals surface area contributed by atoms with Gasteiger partial charge in [-0.3, -0.25) is 19.0 Å². The molecule has 202 valence electrons. The summed E-state index contributed by atoms with van der Waals surface area (Å²) in [6.07, 6.45) is -1.56. The Morgan fingerprint density at radius 3 is 2.28 bits per heavy atom. The average molecular weight is 526 g/mol. The van der Waals surface area contributed by atoms with Crippen LogP contribution in [0.3, 0.4) is 0 Å². The van der Waals surface area contributed by atoms with Crippen LogP contribution in [0.2, 0.25) is 18.1 Å². The maximum atomic E-state index is 12.9. The highest BCUT2D eigenvalue weighted by molar-refractivity contribution is 6.74. The number of hydrogen-bond acceptors (Lipinski definition) is 9. The van der Waals surface area contributed by atoms with Gasteiger partial charge in [0.05, 0.1) is 6.61 Å². The van der Waals surface area contributed by atoms with Crippen LogP contribution in [0.4, 0.5) is 5.82 Å². The summed E-state index contributed by atoms with van der Waals surface area (Å²) in [5.74, 6) is -1.71. The number of hydrogen-bond donors (Lipinski definition) is 1. The first-order valence-electron chi connectivity index (χ1n) is 12.0. The van der Waals surface area contributed by atoms with Gasteiger partial charge in [-0.1, -0.05) is 27.7 Å². The molecule has 0 bridgehead atoms. The molecule has 0 radical (unpaired) electrons. The van der Waals surface area contributed by atoms with Gasteiger partial charge in [-0.05, 0) is 24.2 Å². The second kappa shape index (κ2) is 11.7. The first-order valence-corrected chi connectivity index (χ1v) is 14.9. The molecule has 1 aliphatic heterocycles. The quantitative estimate of drug-likeness (QED) is 0.421. The van der Waals surface area contributed by atoms with Crippen molar-refractivity contribution in [3.8, 4) is 0 Å². The molecule has 1 aliphatic rings. The Labute approximate surface area is 213 Å². The number of nitrogens with one attached hydrogen (secondary N) is 1. The number of aromatic nitrogens is 2. The summed E-state index contributed by atoms with van der Waals surface area (Å²) in [5, 5.41) is 2.40. The van der Waals surface area contributed by atoms with E-state index in [4.69, 9.17) is 18.6 Å². The molecule has 1 N–H and O–H groups in total. The first-order chi connectivity index (χ1) is 16.5. The van der Waals surface area contributed by atoms with Crippen LogP contribution >= 0.6 is 0 Å². The van der Waals surface area contributed by atoms with Crippen molar-refractivity contribution < 1.29 is 33.0 Å². The topological polar surface area (TPSA) is 135 Å². The number of esters is 2. The third-order valence-corrected chi connectivity index (χ3v) is 11.2. The van der Waals surface area contributed by atoms with Crippen molar-refractivity contribution >= 4 is 32.0 Å². The largest absolute Gasteiger partial charge is 0.462 e. The lowest BCUT2D eigenvalue weighted by molar-refractivity contribution is -0.169. The molecule has 2 heterocycles. The van der Waals surface area contributed by atoms with Gasteiger partial charge in [0.2, 0.25) is 5.91 Å². The van der Waals surface area contributed by atoms with E-state index in [2.05, 4.69) is 44.2 Å². The van der Waals surface area contributed by atoms with Crippen molar-refractivity contribution in [2.24, 2.45) is 5.92 Å². The van der Waals surface area contributed by atoms with E-state index in [-0.39, 0.29) is 29.8 Å². The molecular formula is C24H39N3O8Si. The molecular weight excluding hydrogens is 486 g/mol. The zero-order chi connectivity index (χ0) is 27.4. The minimum Gasteiger partial charge on any atom is -0.462 e. The van der Waals surface area contributed by atoms with E-state index >= 15 is 0 Å². The van der Waals surface area contributed by atoms with E-state index in [1.54, 1.807) is 0 Å². The van der Waals surface area contributed by atoms with Gasteiger partial charge in [-0.25, -0.2) is 4.79 Å². The standard InChI is InChI=1S/C24H39N3O8Si/c1-14-18(33-16(3)29)12-21(27-11-10-20(25-15(2)28)26-23(27)31)35-19(22(14)34-17(4)30)13-32-36(8,9)24(5,6)7/h10-11,14,18-19,21-22H,12-13H2,1-9H3,(H,25,26,28,31)/t14-,18-,19+,21+,22-/m0/s1.